The average molecular weight is 351 g/mol. The Bertz CT molecular complexity index is 878. The smallest absolute Gasteiger partial charge is 0.269 e. The highest BCUT2D eigenvalue weighted by Crippen LogP contribution is 2.45. The van der Waals surface area contributed by atoms with Crippen LogP contribution >= 0.6 is 0 Å². The minimum atomic E-state index is -0.449. The molecule has 2 aliphatic heterocycles. The van der Waals surface area contributed by atoms with Gasteiger partial charge in [0.15, 0.2) is 0 Å². The van der Waals surface area contributed by atoms with Gasteiger partial charge in [-0.3, -0.25) is 14.9 Å². The Morgan fingerprint density at radius 2 is 1.92 bits per heavy atom. The van der Waals surface area contributed by atoms with Crippen LogP contribution in [-0.2, 0) is 0 Å². The van der Waals surface area contributed by atoms with Crippen molar-refractivity contribution in [3.8, 4) is 0 Å². The highest BCUT2D eigenvalue weighted by Gasteiger charge is 2.44. The van der Waals surface area contributed by atoms with Gasteiger partial charge in [0.2, 0.25) is 0 Å². The lowest BCUT2D eigenvalue weighted by atomic mass is 9.88. The molecule has 2 aliphatic rings. The summed E-state index contributed by atoms with van der Waals surface area (Å²) in [5.41, 5.74) is 3.89. The lowest BCUT2D eigenvalue weighted by molar-refractivity contribution is -0.384. The summed E-state index contributed by atoms with van der Waals surface area (Å²) in [4.78, 5) is 27.9. The van der Waals surface area contributed by atoms with Crippen LogP contribution in [-0.4, -0.2) is 41.9 Å². The van der Waals surface area contributed by atoms with Gasteiger partial charge in [-0.05, 0) is 50.7 Å². The second-order valence-electron chi connectivity index (χ2n) is 7.27. The van der Waals surface area contributed by atoms with Crippen LogP contribution in [0, 0.1) is 17.0 Å². The Morgan fingerprint density at radius 3 is 2.62 bits per heavy atom. The summed E-state index contributed by atoms with van der Waals surface area (Å²) in [6.45, 7) is 3.96. The number of hydrogen-bond acceptors (Lipinski definition) is 4. The first-order valence-corrected chi connectivity index (χ1v) is 8.83. The maximum atomic E-state index is 13.3. The van der Waals surface area contributed by atoms with Crippen molar-refractivity contribution < 1.29 is 9.72 Å². The lowest BCUT2D eigenvalue weighted by Crippen LogP contribution is -2.47. The van der Waals surface area contributed by atoms with Gasteiger partial charge in [0.05, 0.1) is 4.92 Å². The molecule has 6 heteroatoms. The number of rotatable bonds is 2. The van der Waals surface area contributed by atoms with Gasteiger partial charge in [-0.1, -0.05) is 17.7 Å². The zero-order valence-corrected chi connectivity index (χ0v) is 14.9. The van der Waals surface area contributed by atoms with Crippen LogP contribution in [0.5, 0.6) is 0 Å². The average Bonchev–Trinajstić information content (AvgIpc) is 2.94. The predicted octanol–water partition coefficient (Wildman–Crippen LogP) is 3.35. The van der Waals surface area contributed by atoms with Crippen LogP contribution < -0.4 is 4.90 Å². The van der Waals surface area contributed by atoms with E-state index < -0.39 is 4.92 Å². The van der Waals surface area contributed by atoms with Crippen molar-refractivity contribution in [1.82, 2.24) is 4.90 Å². The fourth-order valence-corrected chi connectivity index (χ4v) is 4.21. The molecule has 4 rings (SSSR count). The summed E-state index contributed by atoms with van der Waals surface area (Å²) in [5, 5.41) is 10.9. The van der Waals surface area contributed by atoms with Crippen LogP contribution in [0.15, 0.2) is 42.5 Å². The molecular weight excluding hydrogens is 330 g/mol. The number of amides is 1. The van der Waals surface area contributed by atoms with E-state index in [1.807, 2.05) is 17.0 Å². The van der Waals surface area contributed by atoms with Crippen LogP contribution in [0.25, 0.3) is 0 Å². The third kappa shape index (κ3) is 2.66. The van der Waals surface area contributed by atoms with Crippen LogP contribution in [0.1, 0.15) is 33.8 Å². The van der Waals surface area contributed by atoms with Gasteiger partial charge in [0.1, 0.15) is 0 Å². The Labute approximate surface area is 152 Å². The Morgan fingerprint density at radius 1 is 1.19 bits per heavy atom. The highest BCUT2D eigenvalue weighted by atomic mass is 16.6. The van der Waals surface area contributed by atoms with E-state index in [2.05, 4.69) is 24.9 Å². The largest absolute Gasteiger partial charge is 0.306 e. The summed E-state index contributed by atoms with van der Waals surface area (Å²) in [6.07, 6.45) is 0.924. The summed E-state index contributed by atoms with van der Waals surface area (Å²) in [5.74, 6) is 0.229. The number of aryl methyl sites for hydroxylation is 1. The summed E-state index contributed by atoms with van der Waals surface area (Å²) >= 11 is 0. The van der Waals surface area contributed by atoms with Crippen molar-refractivity contribution >= 4 is 17.3 Å². The number of piperidine rings is 1. The number of non-ortho nitro benzene ring substituents is 1. The standard InChI is InChI=1S/C20H21N3O3/c1-13-3-8-18-16(11-13)17-12-21(2)10-9-19(17)22(18)20(24)14-4-6-15(7-5-14)23(25)26/h3-8,11,17,19H,9-10,12H2,1-2H3/t17-,19-/m1/s1. The fourth-order valence-electron chi connectivity index (χ4n) is 4.21. The maximum Gasteiger partial charge on any atom is 0.269 e. The SMILES string of the molecule is Cc1ccc2c(c1)[C@H]1CN(C)CC[C@H]1N2C(=O)c1ccc([N+](=O)[O-])cc1. The fraction of sp³-hybridized carbons (Fsp3) is 0.350. The van der Waals surface area contributed by atoms with E-state index in [9.17, 15) is 14.9 Å². The summed E-state index contributed by atoms with van der Waals surface area (Å²) in [7, 11) is 2.12. The molecule has 2 aromatic rings. The molecule has 0 bridgehead atoms. The molecular formula is C20H21N3O3. The molecule has 1 saturated heterocycles. The number of carbonyl (C=O) groups is 1. The van der Waals surface area contributed by atoms with E-state index in [-0.39, 0.29) is 17.6 Å². The predicted molar refractivity (Wildman–Crippen MR) is 99.7 cm³/mol. The molecule has 2 aromatic carbocycles. The van der Waals surface area contributed by atoms with Gasteiger partial charge in [-0.2, -0.15) is 0 Å². The van der Waals surface area contributed by atoms with E-state index in [4.69, 9.17) is 0 Å². The van der Waals surface area contributed by atoms with E-state index in [0.717, 1.165) is 25.2 Å². The van der Waals surface area contributed by atoms with E-state index >= 15 is 0 Å². The normalized spacial score (nSPS) is 22.0. The number of likely N-dealkylation sites (N-methyl/N-ethyl adjacent to an activating group) is 1. The first-order valence-electron chi connectivity index (χ1n) is 8.83. The van der Waals surface area contributed by atoms with Crippen molar-refractivity contribution in [2.45, 2.75) is 25.3 Å². The Hall–Kier alpha value is -2.73. The second-order valence-corrected chi connectivity index (χ2v) is 7.27. The van der Waals surface area contributed by atoms with Crippen LogP contribution in [0.3, 0.4) is 0 Å². The lowest BCUT2D eigenvalue weighted by Gasteiger charge is -2.36. The van der Waals surface area contributed by atoms with E-state index in [0.29, 0.717) is 11.5 Å². The van der Waals surface area contributed by atoms with Gasteiger partial charge in [0, 0.05) is 41.9 Å². The van der Waals surface area contributed by atoms with Gasteiger partial charge >= 0.3 is 0 Å². The van der Waals surface area contributed by atoms with Crippen molar-refractivity contribution in [2.75, 3.05) is 25.0 Å². The third-order valence-electron chi connectivity index (χ3n) is 5.50. The number of hydrogen-bond donors (Lipinski definition) is 0. The maximum absolute atomic E-state index is 13.3. The number of benzene rings is 2. The molecule has 26 heavy (non-hydrogen) atoms. The van der Waals surface area contributed by atoms with Crippen molar-refractivity contribution in [3.05, 3.63) is 69.3 Å². The summed E-state index contributed by atoms with van der Waals surface area (Å²) < 4.78 is 0. The molecule has 2 atom stereocenters. The minimum Gasteiger partial charge on any atom is -0.306 e. The number of nitro groups is 1. The number of fused-ring (bicyclic) bond motifs is 3. The second kappa shape index (κ2) is 6.21. The molecule has 6 nitrogen and oxygen atoms in total. The molecule has 0 aromatic heterocycles. The quantitative estimate of drug-likeness (QED) is 0.615. The molecule has 134 valence electrons. The third-order valence-corrected chi connectivity index (χ3v) is 5.50. The molecule has 0 radical (unpaired) electrons. The van der Waals surface area contributed by atoms with E-state index in [1.165, 1.54) is 23.3 Å². The monoisotopic (exact) mass is 351 g/mol. The van der Waals surface area contributed by atoms with Gasteiger partial charge in [0.25, 0.3) is 11.6 Å². The van der Waals surface area contributed by atoms with Crippen LogP contribution in [0.2, 0.25) is 0 Å². The molecule has 1 amide bonds. The van der Waals surface area contributed by atoms with Crippen molar-refractivity contribution in [1.29, 1.82) is 0 Å². The first-order chi connectivity index (χ1) is 12.5. The number of nitrogens with zero attached hydrogens (tertiary/aromatic N) is 3. The zero-order valence-electron chi connectivity index (χ0n) is 14.9. The Balaban J connectivity index is 1.73. The van der Waals surface area contributed by atoms with E-state index in [1.54, 1.807) is 12.1 Å². The number of anilines is 1. The van der Waals surface area contributed by atoms with Crippen molar-refractivity contribution in [3.63, 3.8) is 0 Å². The molecule has 0 spiro atoms. The highest BCUT2D eigenvalue weighted by molar-refractivity contribution is 6.08. The molecule has 0 N–H and O–H groups in total. The molecule has 0 unspecified atom stereocenters. The number of nitro benzene ring substituents is 1. The van der Waals surface area contributed by atoms with Crippen LogP contribution in [0.4, 0.5) is 11.4 Å². The summed E-state index contributed by atoms with van der Waals surface area (Å²) in [6, 6.07) is 12.3. The molecule has 0 aliphatic carbocycles. The van der Waals surface area contributed by atoms with Crippen molar-refractivity contribution in [2.24, 2.45) is 0 Å². The number of likely N-dealkylation sites (tertiary alicyclic amines) is 1. The molecule has 1 fully saturated rings. The Kier molecular flexibility index (Phi) is 4.00. The van der Waals surface area contributed by atoms with Gasteiger partial charge < -0.3 is 9.80 Å². The first kappa shape index (κ1) is 16.7. The molecule has 2 heterocycles. The van der Waals surface area contributed by atoms with Gasteiger partial charge in [-0.25, -0.2) is 0 Å². The van der Waals surface area contributed by atoms with Gasteiger partial charge in [-0.15, -0.1) is 0 Å². The minimum absolute atomic E-state index is 0.00355. The topological polar surface area (TPSA) is 66.7 Å². The number of carbonyl (C=O) groups excluding carboxylic acids is 1. The zero-order chi connectivity index (χ0) is 18.4. The molecule has 0 saturated carbocycles.